The van der Waals surface area contributed by atoms with Crippen LogP contribution >= 0.6 is 11.8 Å². The number of rotatable bonds is 1. The first kappa shape index (κ1) is 84.9. The highest BCUT2D eigenvalue weighted by molar-refractivity contribution is 7.99. The molecule has 9 heterocycles. The van der Waals surface area contributed by atoms with Gasteiger partial charge in [-0.15, -0.1) is 0 Å². The highest BCUT2D eigenvalue weighted by Crippen LogP contribution is 2.33. The van der Waals surface area contributed by atoms with Crippen LogP contribution in [0.3, 0.4) is 0 Å². The lowest BCUT2D eigenvalue weighted by atomic mass is 9.76. The second-order valence-electron chi connectivity index (χ2n) is 35.7. The first-order chi connectivity index (χ1) is 39.8. The van der Waals surface area contributed by atoms with Crippen LogP contribution in [0.4, 0.5) is 0 Å². The van der Waals surface area contributed by atoms with Crippen molar-refractivity contribution in [1.82, 2.24) is 44.9 Å². The molecule has 87 heavy (non-hydrogen) atoms. The van der Waals surface area contributed by atoms with Gasteiger partial charge >= 0.3 is 0 Å². The Kier molecular flexibility index (Phi) is 39.3. The minimum absolute atomic E-state index is 0.0298. The average molecular weight is 1250 g/mol. The maximum atomic E-state index is 5.84. The molecule has 2 N–H and O–H groups in total. The van der Waals surface area contributed by atoms with E-state index in [4.69, 9.17) is 14.2 Å². The van der Waals surface area contributed by atoms with Crippen LogP contribution in [0.5, 0.6) is 0 Å². The number of hydrogen-bond acceptors (Lipinski definition) is 13. The fourth-order valence-electron chi connectivity index (χ4n) is 12.0. The summed E-state index contributed by atoms with van der Waals surface area (Å²) in [5.74, 6) is 3.57. The summed E-state index contributed by atoms with van der Waals surface area (Å²) in [6.45, 7) is 86.1. The second kappa shape index (κ2) is 40.3. The number of ether oxygens (including phenoxy) is 3. The van der Waals surface area contributed by atoms with E-state index < -0.39 is 0 Å². The molecule has 0 aliphatic carbocycles. The lowest BCUT2D eigenvalue weighted by molar-refractivity contribution is -0.0704. The summed E-state index contributed by atoms with van der Waals surface area (Å²) < 4.78 is 16.6. The van der Waals surface area contributed by atoms with Crippen molar-refractivity contribution in [3.8, 4) is 0 Å². The quantitative estimate of drug-likeness (QED) is 0.245. The summed E-state index contributed by atoms with van der Waals surface area (Å²) >= 11 is 2.07. The molecule has 9 aliphatic heterocycles. The number of nitrogens with zero attached hydrogens (tertiary/aromatic N) is 7. The third kappa shape index (κ3) is 42.0. The average Bonchev–Trinajstić information content (AvgIpc) is 3.97. The molecule has 0 aromatic rings. The fraction of sp³-hybridized carbons (Fsp3) is 1.00. The molecule has 0 aromatic carbocycles. The van der Waals surface area contributed by atoms with Gasteiger partial charge in [-0.2, -0.15) is 11.8 Å². The molecule has 9 aliphatic rings. The van der Waals surface area contributed by atoms with Crippen LogP contribution in [0, 0.1) is 16.7 Å². The maximum absolute atomic E-state index is 5.84. The zero-order valence-corrected chi connectivity index (χ0v) is 64.9. The van der Waals surface area contributed by atoms with Gasteiger partial charge in [-0.1, -0.05) is 48.0 Å². The lowest BCUT2D eigenvalue weighted by Gasteiger charge is -2.41. The standard InChI is InChI=1S/C9H20N2.C9H19NO.2C9H19N.C8H17NO.C8H17NS.C8H17N.C8H16O.C6H13N/c1-9(2,3)11-7-5-10(4)6-8-11;1-9(2,3)11-8-4-6-10-7-5-8;1-9(2,3)8-4-6-10-7-5-8;1-9(2,3)10-7-5-4-6-8-10;2*1-8(2,3)9-4-6-10-7-5-9;1-8(2,3)9-6-4-5-7-9;1-8(2,3)7-5-4-6-9-7;1-6(2,3)7-4-5-7/h5-8H2,1-4H3;8,10H,4-7H2,1-3H3;8,10H,4-7H2,1-3H3;4-8H2,1-3H3;2*4-7H2,1-3H3;4-7H2,1-3H3;7H,4-6H2,1-3H3;4-5H2,1-3H3. The highest BCUT2D eigenvalue weighted by atomic mass is 32.2. The minimum atomic E-state index is 0.0298. The molecule has 0 saturated carbocycles. The number of nitrogens with one attached hydrogen (secondary N) is 2. The molecule has 522 valence electrons. The molecule has 9 saturated heterocycles. The van der Waals surface area contributed by atoms with Crippen LogP contribution in [0.2, 0.25) is 0 Å². The Balaban J connectivity index is 0.000000490. The van der Waals surface area contributed by atoms with Gasteiger partial charge in [-0.3, -0.25) is 29.4 Å². The summed E-state index contributed by atoms with van der Waals surface area (Å²) in [6.07, 6.45) is 15.6. The molecule has 1 atom stereocenters. The lowest BCUT2D eigenvalue weighted by Crippen LogP contribution is -2.52. The van der Waals surface area contributed by atoms with Gasteiger partial charge in [0.2, 0.25) is 0 Å². The summed E-state index contributed by atoms with van der Waals surface area (Å²) in [5, 5.41) is 6.71. The Morgan fingerprint density at radius 2 is 0.678 bits per heavy atom. The van der Waals surface area contributed by atoms with E-state index in [0.717, 1.165) is 64.8 Å². The van der Waals surface area contributed by atoms with Gasteiger partial charge in [0.05, 0.1) is 31.0 Å². The van der Waals surface area contributed by atoms with Crippen LogP contribution in [0.15, 0.2) is 0 Å². The molecule has 0 bridgehead atoms. The Morgan fingerprint density at radius 3 is 0.943 bits per heavy atom. The monoisotopic (exact) mass is 1250 g/mol. The van der Waals surface area contributed by atoms with E-state index in [1.54, 1.807) is 0 Å². The van der Waals surface area contributed by atoms with Crippen LogP contribution in [0.1, 0.15) is 258 Å². The third-order valence-electron chi connectivity index (χ3n) is 18.4. The topological polar surface area (TPSA) is 74.2 Å². The Hall–Kier alpha value is -0.130. The molecule has 0 aromatic heterocycles. The molecule has 13 heteroatoms. The molecular formula is C74H157N9O3S. The third-order valence-corrected chi connectivity index (χ3v) is 19.3. The first-order valence-corrected chi connectivity index (χ1v) is 37.0. The van der Waals surface area contributed by atoms with Crippen molar-refractivity contribution < 1.29 is 14.2 Å². The Bertz CT molecular complexity index is 1510. The summed E-state index contributed by atoms with van der Waals surface area (Å²) in [4.78, 5) is 17.5. The van der Waals surface area contributed by atoms with Crippen molar-refractivity contribution in [1.29, 1.82) is 0 Å². The predicted octanol–water partition coefficient (Wildman–Crippen LogP) is 15.0. The van der Waals surface area contributed by atoms with E-state index in [1.807, 2.05) is 0 Å². The summed E-state index contributed by atoms with van der Waals surface area (Å²) in [6, 6.07) is 0. The zero-order chi connectivity index (χ0) is 66.6. The molecule has 0 amide bonds. The van der Waals surface area contributed by atoms with Gasteiger partial charge < -0.3 is 29.7 Å². The molecule has 0 spiro atoms. The van der Waals surface area contributed by atoms with Gasteiger partial charge in [0.15, 0.2) is 0 Å². The fourth-order valence-corrected chi connectivity index (χ4v) is 12.9. The maximum Gasteiger partial charge on any atom is 0.0624 e. The SMILES string of the molecule is CC(C)(C)C1CCCO1.CC(C)(C)C1CCNCC1.CC(C)(C)N1CC1.CC(C)(C)N1CCCC1.CC(C)(C)N1CCCCC1.CC(C)(C)N1CCOCC1.CC(C)(C)N1CCSCC1.CC(C)(C)OC1CCNCC1.CN1CCN(C(C)(C)C)CC1. The van der Waals surface area contributed by atoms with Crippen molar-refractivity contribution in [2.24, 2.45) is 16.7 Å². The number of piperidine rings is 3. The Labute approximate surface area is 549 Å². The molecule has 9 rings (SSSR count). The van der Waals surface area contributed by atoms with Crippen molar-refractivity contribution >= 4 is 11.8 Å². The van der Waals surface area contributed by atoms with E-state index in [9.17, 15) is 0 Å². The first-order valence-electron chi connectivity index (χ1n) is 35.9. The number of likely N-dealkylation sites (N-methyl/N-ethyl adjacent to an activating group) is 1. The van der Waals surface area contributed by atoms with E-state index >= 15 is 0 Å². The van der Waals surface area contributed by atoms with Crippen molar-refractivity contribution in [2.45, 2.75) is 309 Å². The van der Waals surface area contributed by atoms with Crippen LogP contribution in [0.25, 0.3) is 0 Å². The molecule has 0 radical (unpaired) electrons. The number of likely N-dealkylation sites (tertiary alicyclic amines) is 2. The van der Waals surface area contributed by atoms with Crippen molar-refractivity contribution in [3.05, 3.63) is 0 Å². The molecule has 12 nitrogen and oxygen atoms in total. The van der Waals surface area contributed by atoms with E-state index in [-0.39, 0.29) is 5.60 Å². The zero-order valence-electron chi connectivity index (χ0n) is 64.0. The van der Waals surface area contributed by atoms with E-state index in [2.05, 4.69) is 251 Å². The largest absolute Gasteiger partial charge is 0.379 e. The van der Waals surface area contributed by atoms with E-state index in [0.29, 0.717) is 56.3 Å². The van der Waals surface area contributed by atoms with Gasteiger partial charge in [-0.05, 0) is 286 Å². The van der Waals surface area contributed by atoms with E-state index in [1.165, 1.54) is 161 Å². The smallest absolute Gasteiger partial charge is 0.0624 e. The number of hydrogen-bond donors (Lipinski definition) is 2. The van der Waals surface area contributed by atoms with Crippen LogP contribution < -0.4 is 10.6 Å². The molecule has 1 unspecified atom stereocenters. The van der Waals surface area contributed by atoms with Gasteiger partial charge in [-0.25, -0.2) is 0 Å². The van der Waals surface area contributed by atoms with Crippen LogP contribution in [-0.4, -0.2) is 242 Å². The minimum Gasteiger partial charge on any atom is -0.379 e. The molecular weight excluding hydrogens is 1090 g/mol. The van der Waals surface area contributed by atoms with Gasteiger partial charge in [0, 0.05) is 117 Å². The number of morpholine rings is 1. The van der Waals surface area contributed by atoms with Crippen molar-refractivity contribution in [2.75, 3.05) is 156 Å². The Morgan fingerprint density at radius 1 is 0.345 bits per heavy atom. The summed E-state index contributed by atoms with van der Waals surface area (Å²) in [5.41, 5.74) is 3.25. The van der Waals surface area contributed by atoms with Crippen LogP contribution in [-0.2, 0) is 14.2 Å². The normalized spacial score (nSPS) is 23.7. The highest BCUT2D eigenvalue weighted by Gasteiger charge is 2.31. The number of piperazine rings is 1. The summed E-state index contributed by atoms with van der Waals surface area (Å²) in [7, 11) is 2.19. The number of thioether (sulfide) groups is 1. The van der Waals surface area contributed by atoms with Gasteiger partial charge in [0.1, 0.15) is 0 Å². The molecule has 9 fully saturated rings. The second-order valence-corrected chi connectivity index (χ2v) is 36.9. The predicted molar refractivity (Wildman–Crippen MR) is 387 cm³/mol. The van der Waals surface area contributed by atoms with Gasteiger partial charge in [0.25, 0.3) is 0 Å². The van der Waals surface area contributed by atoms with Crippen molar-refractivity contribution in [3.63, 3.8) is 0 Å².